The second-order valence-corrected chi connectivity index (χ2v) is 4.91. The minimum absolute atomic E-state index is 1.34. The van der Waals surface area contributed by atoms with Crippen molar-refractivity contribution in [1.82, 2.24) is 0 Å². The molecule has 0 atom stereocenters. The molecule has 0 saturated carbocycles. The summed E-state index contributed by atoms with van der Waals surface area (Å²) in [6.45, 7) is 4.54. The Bertz CT molecular complexity index is 61.4. The number of unbranched alkanes of at least 4 members (excludes halogenated alkanes) is 6. The molecule has 0 unspecified atom stereocenters. The van der Waals surface area contributed by atoms with E-state index < -0.39 is 0 Å². The van der Waals surface area contributed by atoms with Crippen molar-refractivity contribution in [3.8, 4) is 0 Å². The fourth-order valence-corrected chi connectivity index (χ4v) is 2.10. The average Bonchev–Trinajstić information content (AvgIpc) is 2.10. The van der Waals surface area contributed by atoms with Crippen molar-refractivity contribution in [2.45, 2.75) is 58.8 Å². The average molecular weight is 187 g/mol. The molecule has 0 amide bonds. The molecule has 0 aromatic carbocycles. The van der Waals surface area contributed by atoms with E-state index in [0.29, 0.717) is 0 Å². The fraction of sp³-hybridized carbons (Fsp3) is 1.00. The second-order valence-electron chi connectivity index (χ2n) is 3.38. The van der Waals surface area contributed by atoms with Crippen LogP contribution in [0.1, 0.15) is 58.8 Å². The van der Waals surface area contributed by atoms with Gasteiger partial charge in [0.1, 0.15) is 0 Å². The minimum Gasteiger partial charge on any atom is -0.0813 e. The Hall–Kier alpha value is 0.430. The van der Waals surface area contributed by atoms with Gasteiger partial charge >= 0.3 is 0 Å². The van der Waals surface area contributed by atoms with Crippen LogP contribution < -0.4 is 0 Å². The van der Waals surface area contributed by atoms with Gasteiger partial charge in [0.05, 0.1) is 0 Å². The minimum atomic E-state index is 1.34. The van der Waals surface area contributed by atoms with E-state index in [1.54, 1.807) is 8.58 Å². The molecule has 0 N–H and O–H groups in total. The quantitative estimate of drug-likeness (QED) is 0.362. The Morgan fingerprint density at radius 1 is 0.750 bits per heavy atom. The lowest BCUT2D eigenvalue weighted by atomic mass is 10.1. The summed E-state index contributed by atoms with van der Waals surface area (Å²) in [5.74, 6) is 0. The Balaban J connectivity index is 2.73. The molecule has 12 heavy (non-hydrogen) atoms. The van der Waals surface area contributed by atoms with Crippen molar-refractivity contribution < 1.29 is 0 Å². The van der Waals surface area contributed by atoms with Crippen molar-refractivity contribution in [3.63, 3.8) is 0 Å². The largest absolute Gasteiger partial charge is 0.0813 e. The van der Waals surface area contributed by atoms with Gasteiger partial charge in [-0.25, -0.2) is 0 Å². The van der Waals surface area contributed by atoms with E-state index in [1.165, 1.54) is 57.3 Å². The van der Waals surface area contributed by atoms with Crippen LogP contribution in [-0.2, 0) is 0 Å². The van der Waals surface area contributed by atoms with Crippen molar-refractivity contribution in [3.05, 3.63) is 0 Å². The summed E-state index contributed by atoms with van der Waals surface area (Å²) in [7, 11) is 1.65. The van der Waals surface area contributed by atoms with E-state index in [0.717, 1.165) is 0 Å². The molecule has 0 rings (SSSR count). The van der Waals surface area contributed by atoms with E-state index in [-0.39, 0.29) is 0 Å². The Kier molecular flexibility index (Phi) is 11.8. The van der Waals surface area contributed by atoms with E-state index >= 15 is 0 Å². The monoisotopic (exact) mass is 187 g/mol. The van der Waals surface area contributed by atoms with Crippen LogP contribution in [0.5, 0.6) is 0 Å². The van der Waals surface area contributed by atoms with E-state index in [9.17, 15) is 0 Å². The molecule has 1 radical (unpaired) electrons. The van der Waals surface area contributed by atoms with Gasteiger partial charge in [-0.05, 0) is 18.7 Å². The first kappa shape index (κ1) is 12.4. The molecule has 0 aromatic heterocycles. The first-order valence-electron chi connectivity index (χ1n) is 5.55. The van der Waals surface area contributed by atoms with Crippen molar-refractivity contribution >= 4 is 8.58 Å². The summed E-state index contributed by atoms with van der Waals surface area (Å²) >= 11 is 0. The van der Waals surface area contributed by atoms with Crippen LogP contribution in [0.25, 0.3) is 0 Å². The lowest BCUT2D eigenvalue weighted by Gasteiger charge is -1.99. The second kappa shape index (κ2) is 11.4. The van der Waals surface area contributed by atoms with E-state index in [2.05, 4.69) is 13.8 Å². The van der Waals surface area contributed by atoms with Crippen molar-refractivity contribution in [2.75, 3.05) is 12.3 Å². The normalized spacial score (nSPS) is 11.5. The molecule has 0 fully saturated rings. The molecule has 1 heteroatoms. The smallest absolute Gasteiger partial charge is 0.0287 e. The van der Waals surface area contributed by atoms with Gasteiger partial charge in [0, 0.05) is 0 Å². The molecule has 73 valence electrons. The zero-order valence-electron chi connectivity index (χ0n) is 8.81. The van der Waals surface area contributed by atoms with Crippen LogP contribution in [-0.4, -0.2) is 12.3 Å². The van der Waals surface area contributed by atoms with E-state index in [4.69, 9.17) is 0 Å². The molecule has 0 nitrogen and oxygen atoms in total. The van der Waals surface area contributed by atoms with Gasteiger partial charge in [-0.1, -0.05) is 61.0 Å². The zero-order valence-corrected chi connectivity index (χ0v) is 9.71. The van der Waals surface area contributed by atoms with Gasteiger partial charge in [-0.2, -0.15) is 0 Å². The molecule has 0 aliphatic carbocycles. The van der Waals surface area contributed by atoms with Gasteiger partial charge in [-0.15, -0.1) is 0 Å². The molecule has 0 saturated heterocycles. The molecular weight excluding hydrogens is 163 g/mol. The number of rotatable bonds is 9. The first-order chi connectivity index (χ1) is 5.91. The third-order valence-corrected chi connectivity index (χ3v) is 3.22. The predicted octanol–water partition coefficient (Wildman–Crippen LogP) is 4.70. The number of hydrogen-bond donors (Lipinski definition) is 0. The summed E-state index contributed by atoms with van der Waals surface area (Å²) in [5.41, 5.74) is 0. The topological polar surface area (TPSA) is 0 Å². The molecule has 0 bridgehead atoms. The van der Waals surface area contributed by atoms with E-state index in [1.807, 2.05) is 0 Å². The Morgan fingerprint density at radius 2 is 1.33 bits per heavy atom. The summed E-state index contributed by atoms with van der Waals surface area (Å²) in [4.78, 5) is 0. The van der Waals surface area contributed by atoms with Gasteiger partial charge in [0.25, 0.3) is 0 Å². The summed E-state index contributed by atoms with van der Waals surface area (Å²) < 4.78 is 0. The molecular formula is C11H24P. The SMILES string of the molecule is CCCCCCCCC[P]CC. The van der Waals surface area contributed by atoms with Crippen LogP contribution in [0.2, 0.25) is 0 Å². The maximum Gasteiger partial charge on any atom is -0.0287 e. The number of hydrogen-bond acceptors (Lipinski definition) is 0. The highest BCUT2D eigenvalue weighted by atomic mass is 31.1. The molecule has 0 heterocycles. The summed E-state index contributed by atoms with van der Waals surface area (Å²) in [5, 5.41) is 0. The zero-order chi connectivity index (χ0) is 9.07. The standard InChI is InChI=1S/C11H24P/c1-3-5-6-7-8-9-10-11-12-4-2/h3-11H2,1-2H3. The fourth-order valence-electron chi connectivity index (χ4n) is 1.34. The summed E-state index contributed by atoms with van der Waals surface area (Å²) in [6.07, 6.45) is 12.9. The van der Waals surface area contributed by atoms with Gasteiger partial charge in [0.2, 0.25) is 0 Å². The van der Waals surface area contributed by atoms with Crippen LogP contribution >= 0.6 is 8.58 Å². The Morgan fingerprint density at radius 3 is 1.92 bits per heavy atom. The summed E-state index contributed by atoms with van der Waals surface area (Å²) in [6, 6.07) is 0. The highest BCUT2D eigenvalue weighted by molar-refractivity contribution is 7.37. The van der Waals surface area contributed by atoms with Crippen LogP contribution in [0.15, 0.2) is 0 Å². The predicted molar refractivity (Wildman–Crippen MR) is 60.3 cm³/mol. The highest BCUT2D eigenvalue weighted by Crippen LogP contribution is 2.13. The van der Waals surface area contributed by atoms with Gasteiger partial charge in [0.15, 0.2) is 0 Å². The van der Waals surface area contributed by atoms with Crippen LogP contribution in [0.4, 0.5) is 0 Å². The lowest BCUT2D eigenvalue weighted by molar-refractivity contribution is 0.603. The third kappa shape index (κ3) is 10.4. The van der Waals surface area contributed by atoms with Crippen molar-refractivity contribution in [2.24, 2.45) is 0 Å². The van der Waals surface area contributed by atoms with Crippen molar-refractivity contribution in [1.29, 1.82) is 0 Å². The lowest BCUT2D eigenvalue weighted by Crippen LogP contribution is -1.81. The van der Waals surface area contributed by atoms with Gasteiger partial charge < -0.3 is 0 Å². The molecule has 0 aromatic rings. The Labute approximate surface area is 80.3 Å². The maximum atomic E-state index is 2.28. The molecule has 0 aliphatic heterocycles. The molecule has 0 spiro atoms. The first-order valence-corrected chi connectivity index (χ1v) is 6.81. The highest BCUT2D eigenvalue weighted by Gasteiger charge is 1.90. The van der Waals surface area contributed by atoms with Crippen LogP contribution in [0.3, 0.4) is 0 Å². The van der Waals surface area contributed by atoms with Crippen LogP contribution in [0, 0.1) is 0 Å². The maximum absolute atomic E-state index is 2.28. The van der Waals surface area contributed by atoms with Gasteiger partial charge in [-0.3, -0.25) is 0 Å². The molecule has 0 aliphatic rings. The third-order valence-electron chi connectivity index (χ3n) is 2.14.